The zero-order valence-corrected chi connectivity index (χ0v) is 6.15. The van der Waals surface area contributed by atoms with E-state index in [9.17, 15) is 4.39 Å². The Morgan fingerprint density at radius 2 is 2.00 bits per heavy atom. The van der Waals surface area contributed by atoms with Crippen LogP contribution in [0.3, 0.4) is 0 Å². The standard InChI is InChI=1S/C7H15FO/c1-7(2,6-9)4-3-5-8/h9H,3-6H2,1-2H3. The minimum atomic E-state index is -0.274. The van der Waals surface area contributed by atoms with E-state index in [1.54, 1.807) is 0 Å². The maximum Gasteiger partial charge on any atom is 0.0894 e. The highest BCUT2D eigenvalue weighted by Crippen LogP contribution is 2.20. The zero-order valence-electron chi connectivity index (χ0n) is 6.15. The number of aliphatic hydroxyl groups excluding tert-OH is 1. The molecule has 0 amide bonds. The van der Waals surface area contributed by atoms with Crippen LogP contribution in [0, 0.1) is 5.41 Å². The lowest BCUT2D eigenvalue weighted by molar-refractivity contribution is 0.145. The van der Waals surface area contributed by atoms with Crippen molar-refractivity contribution in [3.05, 3.63) is 0 Å². The molecule has 0 heterocycles. The summed E-state index contributed by atoms with van der Waals surface area (Å²) in [5.41, 5.74) is -0.0912. The van der Waals surface area contributed by atoms with E-state index in [1.807, 2.05) is 13.8 Å². The van der Waals surface area contributed by atoms with Crippen LogP contribution in [0.5, 0.6) is 0 Å². The fourth-order valence-electron chi connectivity index (χ4n) is 0.624. The van der Waals surface area contributed by atoms with Crippen LogP contribution in [0.2, 0.25) is 0 Å². The summed E-state index contributed by atoms with van der Waals surface area (Å²) in [7, 11) is 0. The van der Waals surface area contributed by atoms with Gasteiger partial charge in [-0.25, -0.2) is 0 Å². The van der Waals surface area contributed by atoms with Gasteiger partial charge in [0.15, 0.2) is 0 Å². The van der Waals surface area contributed by atoms with Crippen molar-refractivity contribution in [2.24, 2.45) is 5.41 Å². The van der Waals surface area contributed by atoms with Crippen LogP contribution in [0.4, 0.5) is 4.39 Å². The van der Waals surface area contributed by atoms with E-state index in [0.29, 0.717) is 6.42 Å². The van der Waals surface area contributed by atoms with Crippen LogP contribution in [0.1, 0.15) is 26.7 Å². The minimum Gasteiger partial charge on any atom is -0.396 e. The molecular weight excluding hydrogens is 119 g/mol. The highest BCUT2D eigenvalue weighted by molar-refractivity contribution is 4.65. The van der Waals surface area contributed by atoms with Gasteiger partial charge in [0.05, 0.1) is 6.67 Å². The van der Waals surface area contributed by atoms with Crippen molar-refractivity contribution < 1.29 is 9.50 Å². The normalized spacial score (nSPS) is 12.0. The predicted octanol–water partition coefficient (Wildman–Crippen LogP) is 1.75. The summed E-state index contributed by atoms with van der Waals surface area (Å²) in [6.07, 6.45) is 1.33. The van der Waals surface area contributed by atoms with Crippen molar-refractivity contribution in [2.75, 3.05) is 13.3 Å². The molecular formula is C7H15FO. The van der Waals surface area contributed by atoms with Gasteiger partial charge in [0.25, 0.3) is 0 Å². The fourth-order valence-corrected chi connectivity index (χ4v) is 0.624. The molecule has 0 aromatic carbocycles. The molecule has 0 aliphatic rings. The van der Waals surface area contributed by atoms with E-state index >= 15 is 0 Å². The van der Waals surface area contributed by atoms with Crippen LogP contribution in [-0.2, 0) is 0 Å². The molecule has 0 aromatic heterocycles. The van der Waals surface area contributed by atoms with Crippen LogP contribution in [0.15, 0.2) is 0 Å². The predicted molar refractivity (Wildman–Crippen MR) is 36.1 cm³/mol. The molecule has 1 N–H and O–H groups in total. The van der Waals surface area contributed by atoms with Crippen molar-refractivity contribution in [1.29, 1.82) is 0 Å². The molecule has 0 aliphatic heterocycles. The van der Waals surface area contributed by atoms with Gasteiger partial charge < -0.3 is 5.11 Å². The Morgan fingerprint density at radius 1 is 1.44 bits per heavy atom. The number of hydrogen-bond acceptors (Lipinski definition) is 1. The molecule has 0 rings (SSSR count). The van der Waals surface area contributed by atoms with E-state index in [-0.39, 0.29) is 18.7 Å². The Morgan fingerprint density at radius 3 is 2.33 bits per heavy atom. The first-order chi connectivity index (χ1) is 4.12. The maximum atomic E-state index is 11.6. The van der Waals surface area contributed by atoms with Gasteiger partial charge in [-0.15, -0.1) is 0 Å². The summed E-state index contributed by atoms with van der Waals surface area (Å²) in [5.74, 6) is 0. The third-order valence-corrected chi connectivity index (χ3v) is 1.42. The van der Waals surface area contributed by atoms with Gasteiger partial charge in [0.1, 0.15) is 0 Å². The second kappa shape index (κ2) is 3.83. The Kier molecular flexibility index (Phi) is 3.78. The van der Waals surface area contributed by atoms with Gasteiger partial charge in [0.2, 0.25) is 0 Å². The molecule has 0 saturated heterocycles. The van der Waals surface area contributed by atoms with Crippen molar-refractivity contribution >= 4 is 0 Å². The minimum absolute atomic E-state index is 0.0912. The Bertz CT molecular complexity index is 71.3. The van der Waals surface area contributed by atoms with Gasteiger partial charge in [0, 0.05) is 6.61 Å². The molecule has 0 atom stereocenters. The van der Waals surface area contributed by atoms with Crippen molar-refractivity contribution in [3.63, 3.8) is 0 Å². The lowest BCUT2D eigenvalue weighted by Crippen LogP contribution is -2.16. The van der Waals surface area contributed by atoms with Gasteiger partial charge >= 0.3 is 0 Å². The first-order valence-electron chi connectivity index (χ1n) is 3.29. The Hall–Kier alpha value is -0.110. The zero-order chi connectivity index (χ0) is 7.33. The van der Waals surface area contributed by atoms with Gasteiger partial charge in [-0.1, -0.05) is 13.8 Å². The molecule has 0 radical (unpaired) electrons. The number of rotatable bonds is 4. The average molecular weight is 134 g/mol. The maximum absolute atomic E-state index is 11.6. The molecule has 0 unspecified atom stereocenters. The quantitative estimate of drug-likeness (QED) is 0.621. The third-order valence-electron chi connectivity index (χ3n) is 1.42. The molecule has 0 saturated carbocycles. The third kappa shape index (κ3) is 4.40. The second-order valence-electron chi connectivity index (χ2n) is 3.11. The topological polar surface area (TPSA) is 20.2 Å². The van der Waals surface area contributed by atoms with Crippen LogP contribution in [-0.4, -0.2) is 18.4 Å². The molecule has 0 aliphatic carbocycles. The van der Waals surface area contributed by atoms with E-state index in [0.717, 1.165) is 6.42 Å². The Labute approximate surface area is 55.9 Å². The monoisotopic (exact) mass is 134 g/mol. The average Bonchev–Trinajstić information content (AvgIpc) is 1.84. The SMILES string of the molecule is CC(C)(CO)CCCF. The van der Waals surface area contributed by atoms with E-state index < -0.39 is 0 Å². The van der Waals surface area contributed by atoms with Crippen LogP contribution < -0.4 is 0 Å². The Balaban J connectivity index is 3.33. The van der Waals surface area contributed by atoms with Crippen LogP contribution >= 0.6 is 0 Å². The van der Waals surface area contributed by atoms with Crippen molar-refractivity contribution in [2.45, 2.75) is 26.7 Å². The fraction of sp³-hybridized carbons (Fsp3) is 1.00. The molecule has 0 fully saturated rings. The lowest BCUT2D eigenvalue weighted by Gasteiger charge is -2.19. The molecule has 56 valence electrons. The number of halogens is 1. The summed E-state index contributed by atoms with van der Waals surface area (Å²) in [6.45, 7) is 3.74. The van der Waals surface area contributed by atoms with Crippen molar-refractivity contribution in [3.8, 4) is 0 Å². The highest BCUT2D eigenvalue weighted by Gasteiger charge is 2.14. The van der Waals surface area contributed by atoms with Crippen LogP contribution in [0.25, 0.3) is 0 Å². The molecule has 0 bridgehead atoms. The number of hydrogen-bond donors (Lipinski definition) is 1. The largest absolute Gasteiger partial charge is 0.396 e. The summed E-state index contributed by atoms with van der Waals surface area (Å²) in [4.78, 5) is 0. The molecule has 2 heteroatoms. The molecule has 0 spiro atoms. The smallest absolute Gasteiger partial charge is 0.0894 e. The van der Waals surface area contributed by atoms with Crippen molar-refractivity contribution in [1.82, 2.24) is 0 Å². The first-order valence-corrected chi connectivity index (χ1v) is 3.29. The van der Waals surface area contributed by atoms with Gasteiger partial charge in [-0.3, -0.25) is 4.39 Å². The highest BCUT2D eigenvalue weighted by atomic mass is 19.1. The van der Waals surface area contributed by atoms with Gasteiger partial charge in [-0.05, 0) is 18.3 Å². The van der Waals surface area contributed by atoms with E-state index in [2.05, 4.69) is 0 Å². The van der Waals surface area contributed by atoms with E-state index in [4.69, 9.17) is 5.11 Å². The number of alkyl halides is 1. The van der Waals surface area contributed by atoms with E-state index in [1.165, 1.54) is 0 Å². The first kappa shape index (κ1) is 8.89. The molecule has 9 heavy (non-hydrogen) atoms. The summed E-state index contributed by atoms with van der Waals surface area (Å²) in [5, 5.41) is 8.70. The van der Waals surface area contributed by atoms with Gasteiger partial charge in [-0.2, -0.15) is 0 Å². The molecule has 0 aromatic rings. The summed E-state index contributed by atoms with van der Waals surface area (Å²) in [6, 6.07) is 0. The summed E-state index contributed by atoms with van der Waals surface area (Å²) < 4.78 is 11.6. The second-order valence-corrected chi connectivity index (χ2v) is 3.11. The molecule has 1 nitrogen and oxygen atoms in total. The lowest BCUT2D eigenvalue weighted by atomic mass is 9.89. The number of aliphatic hydroxyl groups is 1. The summed E-state index contributed by atoms with van der Waals surface area (Å²) >= 11 is 0.